The number of benzene rings is 2. The van der Waals surface area contributed by atoms with E-state index in [9.17, 15) is 14.4 Å². The molecule has 2 N–H and O–H groups in total. The molecule has 2 rings (SSSR count). The smallest absolute Gasteiger partial charge is 0.306 e. The maximum atomic E-state index is 12.0. The Balaban J connectivity index is 1.65. The van der Waals surface area contributed by atoms with Crippen molar-refractivity contribution in [2.45, 2.75) is 33.1 Å². The topological polar surface area (TPSA) is 103 Å². The lowest BCUT2D eigenvalue weighted by molar-refractivity contribution is -0.147. The fraction of sp³-hybridized carbons (Fsp3) is 0.348. The molecule has 0 unspecified atom stereocenters. The molecule has 8 nitrogen and oxygen atoms in total. The minimum atomic E-state index is -0.540. The molecule has 0 aromatic heterocycles. The van der Waals surface area contributed by atoms with Crippen molar-refractivity contribution < 1.29 is 28.6 Å². The lowest BCUT2D eigenvalue weighted by Gasteiger charge is -2.11. The van der Waals surface area contributed by atoms with E-state index in [4.69, 9.17) is 14.2 Å². The van der Waals surface area contributed by atoms with Gasteiger partial charge in [0.05, 0.1) is 18.9 Å². The fourth-order valence-electron chi connectivity index (χ4n) is 2.67. The normalized spacial score (nSPS) is 10.1. The van der Waals surface area contributed by atoms with E-state index >= 15 is 0 Å². The van der Waals surface area contributed by atoms with Crippen LogP contribution in [-0.2, 0) is 19.1 Å². The van der Waals surface area contributed by atoms with Crippen LogP contribution >= 0.6 is 0 Å². The van der Waals surface area contributed by atoms with Gasteiger partial charge >= 0.3 is 5.97 Å². The molecule has 2 aromatic carbocycles. The molecule has 0 saturated carbocycles. The molecule has 0 heterocycles. The van der Waals surface area contributed by atoms with Crippen molar-refractivity contribution in [2.24, 2.45) is 0 Å². The summed E-state index contributed by atoms with van der Waals surface area (Å²) in [5, 5.41) is 5.41. The molecule has 2 amide bonds. The van der Waals surface area contributed by atoms with Crippen LogP contribution in [0.2, 0.25) is 0 Å². The molecular weight excluding hydrogens is 400 g/mol. The SMILES string of the molecule is CCOc1ccc(NC(=O)CCCC(=O)OCC(=O)Nc2ccccc2OCC)cc1. The molecule has 0 saturated heterocycles. The maximum absolute atomic E-state index is 12.0. The summed E-state index contributed by atoms with van der Waals surface area (Å²) in [6.07, 6.45) is 0.520. The monoisotopic (exact) mass is 428 g/mol. The van der Waals surface area contributed by atoms with Crippen LogP contribution in [0.1, 0.15) is 33.1 Å². The quantitative estimate of drug-likeness (QED) is 0.499. The number of carbonyl (C=O) groups excluding carboxylic acids is 3. The van der Waals surface area contributed by atoms with Gasteiger partial charge in [-0.2, -0.15) is 0 Å². The van der Waals surface area contributed by atoms with E-state index < -0.39 is 18.5 Å². The third kappa shape index (κ3) is 8.77. The van der Waals surface area contributed by atoms with Crippen LogP contribution in [-0.4, -0.2) is 37.6 Å². The zero-order chi connectivity index (χ0) is 22.5. The van der Waals surface area contributed by atoms with Gasteiger partial charge in [-0.1, -0.05) is 12.1 Å². The molecule has 0 aliphatic rings. The van der Waals surface area contributed by atoms with Gasteiger partial charge in [-0.15, -0.1) is 0 Å². The molecule has 0 atom stereocenters. The maximum Gasteiger partial charge on any atom is 0.306 e. The third-order valence-electron chi connectivity index (χ3n) is 4.06. The van der Waals surface area contributed by atoms with Gasteiger partial charge in [-0.3, -0.25) is 14.4 Å². The van der Waals surface area contributed by atoms with Crippen LogP contribution in [0.3, 0.4) is 0 Å². The van der Waals surface area contributed by atoms with Gasteiger partial charge in [0.25, 0.3) is 5.91 Å². The zero-order valence-corrected chi connectivity index (χ0v) is 17.8. The van der Waals surface area contributed by atoms with Crippen LogP contribution in [0.4, 0.5) is 11.4 Å². The molecule has 166 valence electrons. The minimum Gasteiger partial charge on any atom is -0.494 e. The van der Waals surface area contributed by atoms with Gasteiger partial charge in [0.15, 0.2) is 6.61 Å². The van der Waals surface area contributed by atoms with Crippen molar-refractivity contribution in [1.82, 2.24) is 0 Å². The Morgan fingerprint density at radius 1 is 0.806 bits per heavy atom. The number of rotatable bonds is 12. The number of para-hydroxylation sites is 2. The summed E-state index contributed by atoms with van der Waals surface area (Å²) >= 11 is 0. The first-order chi connectivity index (χ1) is 15.0. The van der Waals surface area contributed by atoms with E-state index in [0.29, 0.717) is 36.8 Å². The number of anilines is 2. The molecule has 0 spiro atoms. The van der Waals surface area contributed by atoms with E-state index in [-0.39, 0.29) is 18.7 Å². The highest BCUT2D eigenvalue weighted by Gasteiger charge is 2.11. The average Bonchev–Trinajstić information content (AvgIpc) is 2.75. The molecule has 2 aromatic rings. The molecule has 8 heteroatoms. The molecular formula is C23H28N2O6. The number of nitrogens with one attached hydrogen (secondary N) is 2. The molecule has 0 bridgehead atoms. The van der Waals surface area contributed by atoms with Crippen LogP contribution < -0.4 is 20.1 Å². The molecule has 0 aliphatic carbocycles. The van der Waals surface area contributed by atoms with Gasteiger partial charge in [-0.25, -0.2) is 0 Å². The highest BCUT2D eigenvalue weighted by atomic mass is 16.5. The predicted octanol–water partition coefficient (Wildman–Crippen LogP) is 3.77. The molecule has 0 fully saturated rings. The summed E-state index contributed by atoms with van der Waals surface area (Å²) in [6.45, 7) is 4.38. The van der Waals surface area contributed by atoms with Crippen molar-refractivity contribution in [1.29, 1.82) is 0 Å². The summed E-state index contributed by atoms with van der Waals surface area (Å²) in [5.41, 5.74) is 1.16. The largest absolute Gasteiger partial charge is 0.494 e. The summed E-state index contributed by atoms with van der Waals surface area (Å²) in [4.78, 5) is 35.8. The van der Waals surface area contributed by atoms with E-state index in [1.165, 1.54) is 0 Å². The van der Waals surface area contributed by atoms with E-state index in [0.717, 1.165) is 5.75 Å². The lowest BCUT2D eigenvalue weighted by atomic mass is 10.2. The van der Waals surface area contributed by atoms with Crippen LogP contribution in [0.15, 0.2) is 48.5 Å². The van der Waals surface area contributed by atoms with Crippen molar-refractivity contribution in [3.05, 3.63) is 48.5 Å². The van der Waals surface area contributed by atoms with Crippen molar-refractivity contribution >= 4 is 29.2 Å². The molecule has 0 radical (unpaired) electrons. The number of amides is 2. The van der Waals surface area contributed by atoms with Gasteiger partial charge in [0, 0.05) is 18.5 Å². The Labute approximate surface area is 181 Å². The Morgan fingerprint density at radius 2 is 1.52 bits per heavy atom. The van der Waals surface area contributed by atoms with Crippen molar-refractivity contribution in [3.63, 3.8) is 0 Å². The Kier molecular flexibility index (Phi) is 9.87. The fourth-order valence-corrected chi connectivity index (χ4v) is 2.67. The summed E-state index contributed by atoms with van der Waals surface area (Å²) in [6, 6.07) is 14.0. The standard InChI is InChI=1S/C23H28N2O6/c1-3-29-18-14-12-17(13-15-18)24-21(26)10-7-11-23(28)31-16-22(27)25-19-8-5-6-9-20(19)30-4-2/h5-6,8-9,12-15H,3-4,7,10-11,16H2,1-2H3,(H,24,26)(H,25,27). The lowest BCUT2D eigenvalue weighted by Crippen LogP contribution is -2.21. The number of esters is 1. The van der Waals surface area contributed by atoms with Crippen LogP contribution in [0.5, 0.6) is 11.5 Å². The average molecular weight is 428 g/mol. The Hall–Kier alpha value is -3.55. The summed E-state index contributed by atoms with van der Waals surface area (Å²) < 4.78 is 15.8. The van der Waals surface area contributed by atoms with Gasteiger partial charge in [0.2, 0.25) is 5.91 Å². The highest BCUT2D eigenvalue weighted by molar-refractivity contribution is 5.94. The number of ether oxygens (including phenoxy) is 3. The number of hydrogen-bond donors (Lipinski definition) is 2. The van der Waals surface area contributed by atoms with Crippen molar-refractivity contribution in [2.75, 3.05) is 30.5 Å². The first-order valence-corrected chi connectivity index (χ1v) is 10.2. The minimum absolute atomic E-state index is 0.0412. The first-order valence-electron chi connectivity index (χ1n) is 10.2. The number of hydrogen-bond acceptors (Lipinski definition) is 6. The highest BCUT2D eigenvalue weighted by Crippen LogP contribution is 2.23. The first kappa shape index (κ1) is 23.7. The van der Waals surface area contributed by atoms with E-state index in [2.05, 4.69) is 10.6 Å². The van der Waals surface area contributed by atoms with Crippen LogP contribution in [0, 0.1) is 0 Å². The zero-order valence-electron chi connectivity index (χ0n) is 17.8. The number of carbonyl (C=O) groups is 3. The Morgan fingerprint density at radius 3 is 2.23 bits per heavy atom. The van der Waals surface area contributed by atoms with Gasteiger partial charge in [-0.05, 0) is 56.7 Å². The molecule has 31 heavy (non-hydrogen) atoms. The third-order valence-corrected chi connectivity index (χ3v) is 4.06. The van der Waals surface area contributed by atoms with Crippen molar-refractivity contribution in [3.8, 4) is 11.5 Å². The molecule has 0 aliphatic heterocycles. The second kappa shape index (κ2) is 12.9. The van der Waals surface area contributed by atoms with E-state index in [1.807, 2.05) is 13.8 Å². The van der Waals surface area contributed by atoms with Crippen LogP contribution in [0.25, 0.3) is 0 Å². The van der Waals surface area contributed by atoms with Gasteiger partial charge < -0.3 is 24.8 Å². The Bertz CT molecular complexity index is 867. The summed E-state index contributed by atoms with van der Waals surface area (Å²) in [5.74, 6) is 0.0648. The van der Waals surface area contributed by atoms with Gasteiger partial charge in [0.1, 0.15) is 11.5 Å². The second-order valence-electron chi connectivity index (χ2n) is 6.50. The summed E-state index contributed by atoms with van der Waals surface area (Å²) in [7, 11) is 0. The van der Waals surface area contributed by atoms with E-state index in [1.54, 1.807) is 48.5 Å². The second-order valence-corrected chi connectivity index (χ2v) is 6.50. The predicted molar refractivity (Wildman–Crippen MR) is 117 cm³/mol.